The molecular weight excluding hydrogens is 384 g/mol. The number of fused-ring (bicyclic) bond motifs is 1. The van der Waals surface area contributed by atoms with Gasteiger partial charge >= 0.3 is 6.03 Å². The van der Waals surface area contributed by atoms with Crippen molar-refractivity contribution in [2.45, 2.75) is 26.7 Å². The average molecular weight is 409 g/mol. The third-order valence-electron chi connectivity index (χ3n) is 5.09. The van der Waals surface area contributed by atoms with Gasteiger partial charge in [-0.3, -0.25) is 9.69 Å². The Morgan fingerprint density at radius 1 is 1.17 bits per heavy atom. The number of urea groups is 1. The molecule has 0 bridgehead atoms. The topological polar surface area (TPSA) is 65.5 Å². The van der Waals surface area contributed by atoms with E-state index in [0.717, 1.165) is 21.5 Å². The molecule has 150 valence electrons. The summed E-state index contributed by atoms with van der Waals surface area (Å²) in [4.78, 5) is 33.0. The van der Waals surface area contributed by atoms with E-state index in [1.54, 1.807) is 9.80 Å². The third kappa shape index (κ3) is 4.10. The number of hydrogen-bond donors (Lipinski definition) is 1. The number of hydrogen-bond acceptors (Lipinski definition) is 4. The van der Waals surface area contributed by atoms with E-state index in [1.807, 2.05) is 31.2 Å². The molecule has 2 aromatic carbocycles. The highest BCUT2D eigenvalue weighted by atomic mass is 32.1. The van der Waals surface area contributed by atoms with Crippen molar-refractivity contribution < 1.29 is 9.59 Å². The highest BCUT2D eigenvalue weighted by Crippen LogP contribution is 2.27. The zero-order valence-corrected chi connectivity index (χ0v) is 17.6. The minimum Gasteiger partial charge on any atom is -0.313 e. The standard InChI is InChI=1S/C22H24N4O2S/c1-14(2)16-5-7-17(8-6-16)26-11-10-25(22(26)28)13-20(27)24-21-23-18-9-4-15(3)12-19(18)29-21/h4-9,12,14H,10-11,13H2,1-3H3,(H,23,24,27). The lowest BCUT2D eigenvalue weighted by Crippen LogP contribution is -2.37. The molecule has 3 amide bonds. The molecule has 3 aromatic rings. The van der Waals surface area contributed by atoms with Crippen molar-refractivity contribution in [3.8, 4) is 0 Å². The third-order valence-corrected chi connectivity index (χ3v) is 6.02. The Morgan fingerprint density at radius 2 is 1.93 bits per heavy atom. The molecule has 0 unspecified atom stereocenters. The lowest BCUT2D eigenvalue weighted by Gasteiger charge is -2.19. The van der Waals surface area contributed by atoms with Gasteiger partial charge in [0.25, 0.3) is 0 Å². The Bertz CT molecular complexity index is 1060. The Kier molecular flexibility index (Phi) is 5.24. The second kappa shape index (κ2) is 7.83. The number of nitrogens with zero attached hydrogens (tertiary/aromatic N) is 3. The second-order valence-electron chi connectivity index (χ2n) is 7.64. The maximum absolute atomic E-state index is 12.7. The number of rotatable bonds is 5. The van der Waals surface area contributed by atoms with Crippen molar-refractivity contribution in [1.29, 1.82) is 0 Å². The van der Waals surface area contributed by atoms with Crippen molar-refractivity contribution in [3.63, 3.8) is 0 Å². The summed E-state index contributed by atoms with van der Waals surface area (Å²) in [5.41, 5.74) is 4.12. The Morgan fingerprint density at radius 3 is 2.66 bits per heavy atom. The quantitative estimate of drug-likeness (QED) is 0.670. The first-order chi connectivity index (χ1) is 13.9. The Hall–Kier alpha value is -2.93. The molecule has 1 aliphatic heterocycles. The lowest BCUT2D eigenvalue weighted by molar-refractivity contribution is -0.116. The summed E-state index contributed by atoms with van der Waals surface area (Å²) in [7, 11) is 0. The molecule has 1 N–H and O–H groups in total. The van der Waals surface area contributed by atoms with Crippen LogP contribution >= 0.6 is 11.3 Å². The fraction of sp³-hybridized carbons (Fsp3) is 0.318. The van der Waals surface area contributed by atoms with Crippen LogP contribution in [0.15, 0.2) is 42.5 Å². The summed E-state index contributed by atoms with van der Waals surface area (Å²) in [5.74, 6) is 0.219. The van der Waals surface area contributed by atoms with Crippen LogP contribution in [-0.2, 0) is 4.79 Å². The van der Waals surface area contributed by atoms with E-state index in [2.05, 4.69) is 42.3 Å². The molecule has 0 radical (unpaired) electrons. The molecule has 7 heteroatoms. The van der Waals surface area contributed by atoms with E-state index in [4.69, 9.17) is 0 Å². The highest BCUT2D eigenvalue weighted by molar-refractivity contribution is 7.22. The number of anilines is 2. The van der Waals surface area contributed by atoms with Crippen LogP contribution in [0.2, 0.25) is 0 Å². The van der Waals surface area contributed by atoms with Crippen molar-refractivity contribution in [2.24, 2.45) is 0 Å². The number of carbonyl (C=O) groups excluding carboxylic acids is 2. The van der Waals surface area contributed by atoms with Gasteiger partial charge in [-0.25, -0.2) is 9.78 Å². The van der Waals surface area contributed by atoms with Crippen LogP contribution in [0.3, 0.4) is 0 Å². The number of aryl methyl sites for hydroxylation is 1. The number of carbonyl (C=O) groups is 2. The van der Waals surface area contributed by atoms with Gasteiger partial charge in [-0.15, -0.1) is 0 Å². The molecule has 0 spiro atoms. The minimum atomic E-state index is -0.230. The average Bonchev–Trinajstić information content (AvgIpc) is 3.24. The van der Waals surface area contributed by atoms with E-state index >= 15 is 0 Å². The zero-order valence-electron chi connectivity index (χ0n) is 16.8. The number of amides is 3. The van der Waals surface area contributed by atoms with E-state index in [1.165, 1.54) is 16.9 Å². The summed E-state index contributed by atoms with van der Waals surface area (Å²) in [6.45, 7) is 7.43. The van der Waals surface area contributed by atoms with E-state index in [0.29, 0.717) is 24.1 Å². The maximum Gasteiger partial charge on any atom is 0.325 e. The van der Waals surface area contributed by atoms with E-state index in [-0.39, 0.29) is 18.5 Å². The summed E-state index contributed by atoms with van der Waals surface area (Å²) in [6.07, 6.45) is 0. The largest absolute Gasteiger partial charge is 0.325 e. The van der Waals surface area contributed by atoms with Gasteiger partial charge in [-0.05, 0) is 48.2 Å². The van der Waals surface area contributed by atoms with Gasteiger partial charge in [-0.2, -0.15) is 0 Å². The fourth-order valence-corrected chi connectivity index (χ4v) is 4.41. The molecular formula is C22H24N4O2S. The number of nitrogens with one attached hydrogen (secondary N) is 1. The normalized spacial score (nSPS) is 14.3. The summed E-state index contributed by atoms with van der Waals surface area (Å²) in [6, 6.07) is 13.9. The molecule has 1 fully saturated rings. The molecule has 4 rings (SSSR count). The SMILES string of the molecule is Cc1ccc2nc(NC(=O)CN3CCN(c4ccc(C(C)C)cc4)C3=O)sc2c1. The number of aromatic nitrogens is 1. The van der Waals surface area contributed by atoms with Crippen LogP contribution < -0.4 is 10.2 Å². The van der Waals surface area contributed by atoms with Gasteiger partial charge in [0.05, 0.1) is 10.2 Å². The van der Waals surface area contributed by atoms with Gasteiger partial charge in [0.15, 0.2) is 5.13 Å². The van der Waals surface area contributed by atoms with Crippen LogP contribution in [0, 0.1) is 6.92 Å². The molecule has 6 nitrogen and oxygen atoms in total. The van der Waals surface area contributed by atoms with E-state index in [9.17, 15) is 9.59 Å². The first kappa shape index (κ1) is 19.4. The first-order valence-corrected chi connectivity index (χ1v) is 10.6. The monoisotopic (exact) mass is 408 g/mol. The van der Waals surface area contributed by atoms with Crippen LogP contribution in [0.25, 0.3) is 10.2 Å². The smallest absolute Gasteiger partial charge is 0.313 e. The first-order valence-electron chi connectivity index (χ1n) is 9.74. The molecule has 0 aliphatic carbocycles. The molecule has 0 saturated carbocycles. The molecule has 0 atom stereocenters. The zero-order chi connectivity index (χ0) is 20.5. The predicted octanol–water partition coefficient (Wildman–Crippen LogP) is 4.61. The maximum atomic E-state index is 12.7. The van der Waals surface area contributed by atoms with Crippen LogP contribution in [-0.4, -0.2) is 41.5 Å². The Labute approximate surface area is 174 Å². The van der Waals surface area contributed by atoms with Gasteiger partial charge in [0.1, 0.15) is 6.54 Å². The minimum absolute atomic E-state index is 0.0222. The molecule has 1 aromatic heterocycles. The van der Waals surface area contributed by atoms with Crippen LogP contribution in [0.4, 0.5) is 15.6 Å². The summed E-state index contributed by atoms with van der Waals surface area (Å²) < 4.78 is 1.04. The summed E-state index contributed by atoms with van der Waals surface area (Å²) in [5, 5.41) is 3.39. The lowest BCUT2D eigenvalue weighted by atomic mass is 10.0. The predicted molar refractivity (Wildman–Crippen MR) is 118 cm³/mol. The van der Waals surface area contributed by atoms with Crippen molar-refractivity contribution >= 4 is 44.3 Å². The molecule has 29 heavy (non-hydrogen) atoms. The molecule has 1 aliphatic rings. The highest BCUT2D eigenvalue weighted by Gasteiger charge is 2.31. The Balaban J connectivity index is 1.39. The molecule has 2 heterocycles. The van der Waals surface area contributed by atoms with Gasteiger partial charge in [0.2, 0.25) is 5.91 Å². The summed E-state index contributed by atoms with van der Waals surface area (Å²) >= 11 is 1.44. The van der Waals surface area contributed by atoms with Crippen molar-refractivity contribution in [2.75, 3.05) is 29.9 Å². The van der Waals surface area contributed by atoms with Crippen LogP contribution in [0.1, 0.15) is 30.9 Å². The van der Waals surface area contributed by atoms with Crippen molar-refractivity contribution in [1.82, 2.24) is 9.88 Å². The van der Waals surface area contributed by atoms with E-state index < -0.39 is 0 Å². The molecule has 1 saturated heterocycles. The van der Waals surface area contributed by atoms with Crippen molar-refractivity contribution in [3.05, 3.63) is 53.6 Å². The van der Waals surface area contributed by atoms with Crippen LogP contribution in [0.5, 0.6) is 0 Å². The number of benzene rings is 2. The van der Waals surface area contributed by atoms with Gasteiger partial charge in [-0.1, -0.05) is 43.4 Å². The second-order valence-corrected chi connectivity index (χ2v) is 8.67. The van der Waals surface area contributed by atoms with Gasteiger partial charge < -0.3 is 10.2 Å². The van der Waals surface area contributed by atoms with Gasteiger partial charge in [0, 0.05) is 18.8 Å². The fourth-order valence-electron chi connectivity index (χ4n) is 3.43. The number of thiazole rings is 1.